The van der Waals surface area contributed by atoms with Gasteiger partial charge in [-0.3, -0.25) is 9.69 Å². The Hall–Kier alpha value is -1.14. The fourth-order valence-electron chi connectivity index (χ4n) is 2.16. The lowest BCUT2D eigenvalue weighted by molar-refractivity contribution is -0.117. The number of halogens is 1. The molecule has 0 bridgehead atoms. The minimum absolute atomic E-state index is 0.0334. The van der Waals surface area contributed by atoms with Crippen LogP contribution in [-0.2, 0) is 9.53 Å². The van der Waals surface area contributed by atoms with Crippen molar-refractivity contribution >= 4 is 23.2 Å². The first-order chi connectivity index (χ1) is 9.69. The van der Waals surface area contributed by atoms with Gasteiger partial charge in [0.25, 0.3) is 0 Å². The molecule has 110 valence electrons. The molecule has 1 amide bonds. The van der Waals surface area contributed by atoms with Crippen LogP contribution in [-0.4, -0.2) is 49.7 Å². The summed E-state index contributed by atoms with van der Waals surface area (Å²) >= 11 is 6.00. The van der Waals surface area contributed by atoms with Crippen molar-refractivity contribution in [3.63, 3.8) is 0 Å². The van der Waals surface area contributed by atoms with E-state index in [1.807, 2.05) is 12.1 Å². The van der Waals surface area contributed by atoms with Crippen molar-refractivity contribution in [3.05, 3.63) is 29.3 Å². The smallest absolute Gasteiger partial charge is 0.225 e. The van der Waals surface area contributed by atoms with Crippen molar-refractivity contribution in [1.29, 1.82) is 0 Å². The Balaban J connectivity index is 1.76. The first-order valence-corrected chi connectivity index (χ1v) is 7.15. The summed E-state index contributed by atoms with van der Waals surface area (Å²) in [5.74, 6) is -0.0334. The highest BCUT2D eigenvalue weighted by Crippen LogP contribution is 2.20. The first-order valence-electron chi connectivity index (χ1n) is 6.77. The molecule has 20 heavy (non-hydrogen) atoms. The van der Waals surface area contributed by atoms with Crippen molar-refractivity contribution in [2.45, 2.75) is 12.5 Å². The zero-order valence-electron chi connectivity index (χ0n) is 11.3. The maximum atomic E-state index is 11.9. The fourth-order valence-corrected chi connectivity index (χ4v) is 2.34. The average molecular weight is 298 g/mol. The fraction of sp³-hybridized carbons (Fsp3) is 0.500. The third-order valence-electron chi connectivity index (χ3n) is 3.29. The maximum absolute atomic E-state index is 11.9. The summed E-state index contributed by atoms with van der Waals surface area (Å²) in [6.45, 7) is 3.53. The highest BCUT2D eigenvalue weighted by atomic mass is 35.5. The van der Waals surface area contributed by atoms with Gasteiger partial charge < -0.3 is 15.8 Å². The number of hydrogen-bond donors (Lipinski definition) is 2. The van der Waals surface area contributed by atoms with Crippen LogP contribution in [0.25, 0.3) is 0 Å². The van der Waals surface area contributed by atoms with Crippen LogP contribution in [0.4, 0.5) is 5.69 Å². The minimum atomic E-state index is -0.0334. The maximum Gasteiger partial charge on any atom is 0.225 e. The number of anilines is 1. The minimum Gasteiger partial charge on any atom is -0.374 e. The van der Waals surface area contributed by atoms with Gasteiger partial charge in [-0.25, -0.2) is 0 Å². The number of benzene rings is 1. The van der Waals surface area contributed by atoms with Gasteiger partial charge in [-0.2, -0.15) is 0 Å². The molecule has 1 atom stereocenters. The molecule has 1 aromatic carbocycles. The van der Waals surface area contributed by atoms with Crippen molar-refractivity contribution in [3.8, 4) is 0 Å². The summed E-state index contributed by atoms with van der Waals surface area (Å²) in [6.07, 6.45) is 0.512. The summed E-state index contributed by atoms with van der Waals surface area (Å²) < 4.78 is 5.49. The number of nitrogens with zero attached hydrogens (tertiary/aromatic N) is 1. The van der Waals surface area contributed by atoms with E-state index in [0.29, 0.717) is 36.8 Å². The van der Waals surface area contributed by atoms with Gasteiger partial charge in [-0.1, -0.05) is 23.7 Å². The van der Waals surface area contributed by atoms with Gasteiger partial charge >= 0.3 is 0 Å². The van der Waals surface area contributed by atoms with Crippen LogP contribution in [0.5, 0.6) is 0 Å². The van der Waals surface area contributed by atoms with E-state index < -0.39 is 0 Å². The second-order valence-corrected chi connectivity index (χ2v) is 5.21. The molecule has 1 aliphatic heterocycles. The molecular formula is C14H20ClN3O2. The van der Waals surface area contributed by atoms with Gasteiger partial charge in [0, 0.05) is 32.6 Å². The number of ether oxygens (including phenoxy) is 1. The zero-order chi connectivity index (χ0) is 14.4. The number of rotatable bonds is 5. The first kappa shape index (κ1) is 15.3. The second-order valence-electron chi connectivity index (χ2n) is 4.81. The molecule has 0 aliphatic carbocycles. The van der Waals surface area contributed by atoms with E-state index in [4.69, 9.17) is 22.1 Å². The third kappa shape index (κ3) is 4.45. The molecule has 0 aromatic heterocycles. The van der Waals surface area contributed by atoms with Crippen molar-refractivity contribution < 1.29 is 9.53 Å². The predicted octanol–water partition coefficient (Wildman–Crippen LogP) is 1.33. The van der Waals surface area contributed by atoms with Gasteiger partial charge in [-0.05, 0) is 12.1 Å². The van der Waals surface area contributed by atoms with Crippen LogP contribution in [0, 0.1) is 0 Å². The number of carbonyl (C=O) groups excluding carboxylic acids is 1. The van der Waals surface area contributed by atoms with Crippen LogP contribution in [0.2, 0.25) is 5.02 Å². The molecule has 1 aliphatic rings. The molecule has 1 fully saturated rings. The normalized spacial score (nSPS) is 19.8. The van der Waals surface area contributed by atoms with Gasteiger partial charge in [-0.15, -0.1) is 0 Å². The molecule has 1 aromatic rings. The SMILES string of the molecule is NCC1CN(CCC(=O)Nc2ccccc2Cl)CCO1. The standard InChI is InChI=1S/C14H20ClN3O2/c15-12-3-1-2-4-13(12)17-14(19)5-6-18-7-8-20-11(9-16)10-18/h1-4,11H,5-10,16H2,(H,17,19). The van der Waals surface area contributed by atoms with E-state index in [-0.39, 0.29) is 12.0 Å². The van der Waals surface area contributed by atoms with E-state index in [1.54, 1.807) is 12.1 Å². The zero-order valence-corrected chi connectivity index (χ0v) is 12.1. The van der Waals surface area contributed by atoms with Gasteiger partial charge in [0.15, 0.2) is 0 Å². The van der Waals surface area contributed by atoms with E-state index >= 15 is 0 Å². The Kier molecular flexibility index (Phi) is 5.79. The molecule has 1 saturated heterocycles. The lowest BCUT2D eigenvalue weighted by Crippen LogP contribution is -2.46. The average Bonchev–Trinajstić information content (AvgIpc) is 2.48. The van der Waals surface area contributed by atoms with Crippen LogP contribution in [0.1, 0.15) is 6.42 Å². The van der Waals surface area contributed by atoms with Gasteiger partial charge in [0.1, 0.15) is 0 Å². The number of hydrogen-bond acceptors (Lipinski definition) is 4. The summed E-state index contributed by atoms with van der Waals surface area (Å²) in [6, 6.07) is 7.22. The van der Waals surface area contributed by atoms with Gasteiger partial charge in [0.2, 0.25) is 5.91 Å². The molecule has 5 nitrogen and oxygen atoms in total. The van der Waals surface area contributed by atoms with Gasteiger partial charge in [0.05, 0.1) is 23.4 Å². The largest absolute Gasteiger partial charge is 0.374 e. The Labute approximate surface area is 124 Å². The lowest BCUT2D eigenvalue weighted by Gasteiger charge is -2.32. The van der Waals surface area contributed by atoms with E-state index in [0.717, 1.165) is 13.1 Å². The molecule has 2 rings (SSSR count). The second kappa shape index (κ2) is 7.59. The predicted molar refractivity (Wildman–Crippen MR) is 79.9 cm³/mol. The molecule has 1 unspecified atom stereocenters. The number of para-hydroxylation sites is 1. The molecular weight excluding hydrogens is 278 g/mol. The van der Waals surface area contributed by atoms with E-state index in [1.165, 1.54) is 0 Å². The molecule has 6 heteroatoms. The number of morpholine rings is 1. The number of nitrogens with one attached hydrogen (secondary N) is 1. The molecule has 0 saturated carbocycles. The molecule has 3 N–H and O–H groups in total. The summed E-state index contributed by atoms with van der Waals surface area (Å²) in [4.78, 5) is 14.1. The van der Waals surface area contributed by atoms with E-state index in [9.17, 15) is 4.79 Å². The van der Waals surface area contributed by atoms with Crippen LogP contribution >= 0.6 is 11.6 Å². The highest BCUT2D eigenvalue weighted by molar-refractivity contribution is 6.33. The molecule has 0 radical (unpaired) electrons. The van der Waals surface area contributed by atoms with Crippen molar-refractivity contribution in [2.24, 2.45) is 5.73 Å². The summed E-state index contributed by atoms with van der Waals surface area (Å²) in [5, 5.41) is 3.37. The highest BCUT2D eigenvalue weighted by Gasteiger charge is 2.19. The Morgan fingerprint density at radius 1 is 1.50 bits per heavy atom. The number of nitrogens with two attached hydrogens (primary N) is 1. The monoisotopic (exact) mass is 297 g/mol. The Bertz CT molecular complexity index is 456. The molecule has 1 heterocycles. The quantitative estimate of drug-likeness (QED) is 0.860. The van der Waals surface area contributed by atoms with Crippen molar-refractivity contribution in [1.82, 2.24) is 4.90 Å². The number of amides is 1. The van der Waals surface area contributed by atoms with Crippen LogP contribution in [0.3, 0.4) is 0 Å². The third-order valence-corrected chi connectivity index (χ3v) is 3.62. The Morgan fingerprint density at radius 3 is 3.05 bits per heavy atom. The topological polar surface area (TPSA) is 67.6 Å². The van der Waals surface area contributed by atoms with Crippen LogP contribution in [0.15, 0.2) is 24.3 Å². The van der Waals surface area contributed by atoms with E-state index in [2.05, 4.69) is 10.2 Å². The Morgan fingerprint density at radius 2 is 2.30 bits per heavy atom. The summed E-state index contributed by atoms with van der Waals surface area (Å²) in [7, 11) is 0. The lowest BCUT2D eigenvalue weighted by atomic mass is 10.2. The summed E-state index contributed by atoms with van der Waals surface area (Å²) in [5.41, 5.74) is 6.25. The van der Waals surface area contributed by atoms with Crippen molar-refractivity contribution in [2.75, 3.05) is 38.1 Å². The number of carbonyl (C=O) groups is 1. The van der Waals surface area contributed by atoms with Crippen LogP contribution < -0.4 is 11.1 Å². The molecule has 0 spiro atoms.